The molecule has 1 aromatic rings. The van der Waals surface area contributed by atoms with Gasteiger partial charge < -0.3 is 9.47 Å². The van der Waals surface area contributed by atoms with Crippen LogP contribution in [0.2, 0.25) is 0 Å². The summed E-state index contributed by atoms with van der Waals surface area (Å²) in [5, 5.41) is 0. The van der Waals surface area contributed by atoms with Crippen LogP contribution >= 0.6 is 0 Å². The van der Waals surface area contributed by atoms with E-state index in [0.717, 1.165) is 19.4 Å². The molecule has 2 heteroatoms. The lowest BCUT2D eigenvalue weighted by atomic mass is 9.87. The second kappa shape index (κ2) is 5.25. The zero-order chi connectivity index (χ0) is 12.3. The third-order valence-corrected chi connectivity index (χ3v) is 3.91. The van der Waals surface area contributed by atoms with Gasteiger partial charge in [0.1, 0.15) is 0 Å². The van der Waals surface area contributed by atoms with Crippen molar-refractivity contribution in [2.75, 3.05) is 6.61 Å². The Kier molecular flexibility index (Phi) is 3.48. The quantitative estimate of drug-likeness (QED) is 0.758. The highest BCUT2D eigenvalue weighted by molar-refractivity contribution is 5.14. The number of rotatable bonds is 3. The summed E-state index contributed by atoms with van der Waals surface area (Å²) in [6, 6.07) is 10.3. The molecule has 0 N–H and O–H groups in total. The molecular weight excluding hydrogens is 224 g/mol. The Labute approximate surface area is 109 Å². The summed E-state index contributed by atoms with van der Waals surface area (Å²) in [6.45, 7) is 1.61. The molecule has 0 aromatic heterocycles. The van der Waals surface area contributed by atoms with Gasteiger partial charge in [0.15, 0.2) is 0 Å². The summed E-state index contributed by atoms with van der Waals surface area (Å²) in [5.74, 6) is 0. The second-order valence-corrected chi connectivity index (χ2v) is 5.25. The van der Waals surface area contributed by atoms with Crippen LogP contribution in [0, 0.1) is 0 Å². The number of hydrogen-bond acceptors (Lipinski definition) is 2. The molecule has 0 radical (unpaired) electrons. The van der Waals surface area contributed by atoms with Gasteiger partial charge in [-0.25, -0.2) is 0 Å². The van der Waals surface area contributed by atoms with Crippen molar-refractivity contribution < 1.29 is 9.47 Å². The van der Waals surface area contributed by atoms with Crippen LogP contribution < -0.4 is 0 Å². The summed E-state index contributed by atoms with van der Waals surface area (Å²) < 4.78 is 11.8. The Hall–Kier alpha value is -1.12. The van der Waals surface area contributed by atoms with Gasteiger partial charge in [-0.3, -0.25) is 0 Å². The number of ether oxygens (including phenoxy) is 2. The zero-order valence-electron chi connectivity index (χ0n) is 10.7. The standard InChI is InChI=1S/C16H20O2/c1-2-5-14(6-3-1)13-17-15-7-10-16(11-8-15)9-4-12-18-16/h1-3,5-7,10,15H,4,8-9,11-13H2/t15-,16-/m0/s1. The van der Waals surface area contributed by atoms with Gasteiger partial charge in [-0.2, -0.15) is 0 Å². The SMILES string of the molecule is C1=C[C@@]2(CCCO2)CC[C@H]1OCc1ccccc1. The molecule has 2 nitrogen and oxygen atoms in total. The van der Waals surface area contributed by atoms with Crippen LogP contribution in [0.4, 0.5) is 0 Å². The number of benzene rings is 1. The summed E-state index contributed by atoms with van der Waals surface area (Å²) in [4.78, 5) is 0. The molecular formula is C16H20O2. The molecule has 0 saturated carbocycles. The van der Waals surface area contributed by atoms with Gasteiger partial charge in [0.05, 0.1) is 18.3 Å². The van der Waals surface area contributed by atoms with Crippen molar-refractivity contribution in [3.8, 4) is 0 Å². The van der Waals surface area contributed by atoms with E-state index >= 15 is 0 Å². The van der Waals surface area contributed by atoms with Gasteiger partial charge in [-0.15, -0.1) is 0 Å². The molecule has 1 aliphatic heterocycles. The van der Waals surface area contributed by atoms with Crippen LogP contribution in [-0.2, 0) is 16.1 Å². The van der Waals surface area contributed by atoms with E-state index < -0.39 is 0 Å². The topological polar surface area (TPSA) is 18.5 Å². The molecule has 1 heterocycles. The lowest BCUT2D eigenvalue weighted by Crippen LogP contribution is -2.31. The van der Waals surface area contributed by atoms with Crippen LogP contribution in [0.1, 0.15) is 31.2 Å². The maximum absolute atomic E-state index is 5.93. The van der Waals surface area contributed by atoms with Crippen LogP contribution in [0.3, 0.4) is 0 Å². The van der Waals surface area contributed by atoms with Crippen molar-refractivity contribution in [3.63, 3.8) is 0 Å². The fraction of sp³-hybridized carbons (Fsp3) is 0.500. The first-order chi connectivity index (χ1) is 8.86. The highest BCUT2D eigenvalue weighted by Crippen LogP contribution is 2.35. The van der Waals surface area contributed by atoms with Crippen LogP contribution in [0.15, 0.2) is 42.5 Å². The van der Waals surface area contributed by atoms with E-state index in [1.807, 2.05) is 6.07 Å². The summed E-state index contributed by atoms with van der Waals surface area (Å²) in [5.41, 5.74) is 1.29. The van der Waals surface area contributed by atoms with E-state index in [2.05, 4.69) is 36.4 Å². The molecule has 1 saturated heterocycles. The number of hydrogen-bond donors (Lipinski definition) is 0. The maximum Gasteiger partial charge on any atom is 0.0865 e. The third kappa shape index (κ3) is 2.65. The lowest BCUT2D eigenvalue weighted by molar-refractivity contribution is -0.000577. The van der Waals surface area contributed by atoms with Crippen molar-refractivity contribution in [1.29, 1.82) is 0 Å². The lowest BCUT2D eigenvalue weighted by Gasteiger charge is -2.31. The van der Waals surface area contributed by atoms with Crippen LogP contribution in [0.25, 0.3) is 0 Å². The monoisotopic (exact) mass is 244 g/mol. The first kappa shape index (κ1) is 11.9. The fourth-order valence-electron chi connectivity index (χ4n) is 2.81. The Balaban J connectivity index is 1.53. The molecule has 2 aliphatic rings. The Morgan fingerprint density at radius 3 is 2.78 bits per heavy atom. The molecule has 1 spiro atoms. The van der Waals surface area contributed by atoms with Crippen molar-refractivity contribution >= 4 is 0 Å². The first-order valence-electron chi connectivity index (χ1n) is 6.85. The molecule has 0 unspecified atom stereocenters. The van der Waals surface area contributed by atoms with Crippen molar-refractivity contribution in [2.45, 2.75) is 44.0 Å². The predicted octanol–water partition coefficient (Wildman–Crippen LogP) is 3.47. The largest absolute Gasteiger partial charge is 0.371 e. The van der Waals surface area contributed by atoms with E-state index in [0.29, 0.717) is 6.61 Å². The molecule has 3 rings (SSSR count). The van der Waals surface area contributed by atoms with E-state index in [4.69, 9.17) is 9.47 Å². The third-order valence-electron chi connectivity index (χ3n) is 3.91. The molecule has 2 atom stereocenters. The molecule has 1 aromatic carbocycles. The smallest absolute Gasteiger partial charge is 0.0865 e. The summed E-state index contributed by atoms with van der Waals surface area (Å²) in [6.07, 6.45) is 9.22. The zero-order valence-corrected chi connectivity index (χ0v) is 10.7. The minimum atomic E-state index is 0.0482. The van der Waals surface area contributed by atoms with E-state index in [1.165, 1.54) is 18.4 Å². The molecule has 96 valence electrons. The van der Waals surface area contributed by atoms with Gasteiger partial charge in [0.25, 0.3) is 0 Å². The summed E-state index contributed by atoms with van der Waals surface area (Å²) in [7, 11) is 0. The van der Waals surface area contributed by atoms with Gasteiger partial charge in [0, 0.05) is 6.61 Å². The Morgan fingerprint density at radius 2 is 2.11 bits per heavy atom. The Morgan fingerprint density at radius 1 is 1.22 bits per heavy atom. The van der Waals surface area contributed by atoms with Crippen molar-refractivity contribution in [3.05, 3.63) is 48.0 Å². The summed E-state index contributed by atoms with van der Waals surface area (Å²) >= 11 is 0. The Bertz CT molecular complexity index is 404. The average molecular weight is 244 g/mol. The van der Waals surface area contributed by atoms with E-state index in [9.17, 15) is 0 Å². The molecule has 0 bridgehead atoms. The average Bonchev–Trinajstić information content (AvgIpc) is 2.88. The highest BCUT2D eigenvalue weighted by atomic mass is 16.5. The minimum absolute atomic E-state index is 0.0482. The van der Waals surface area contributed by atoms with Gasteiger partial charge in [-0.1, -0.05) is 42.5 Å². The van der Waals surface area contributed by atoms with Crippen molar-refractivity contribution in [2.24, 2.45) is 0 Å². The molecule has 1 fully saturated rings. The van der Waals surface area contributed by atoms with Crippen LogP contribution in [0.5, 0.6) is 0 Å². The second-order valence-electron chi connectivity index (χ2n) is 5.25. The van der Waals surface area contributed by atoms with E-state index in [1.54, 1.807) is 0 Å². The van der Waals surface area contributed by atoms with E-state index in [-0.39, 0.29) is 11.7 Å². The first-order valence-corrected chi connectivity index (χ1v) is 6.85. The predicted molar refractivity (Wildman–Crippen MR) is 71.3 cm³/mol. The fourth-order valence-corrected chi connectivity index (χ4v) is 2.81. The highest BCUT2D eigenvalue weighted by Gasteiger charge is 2.35. The van der Waals surface area contributed by atoms with Gasteiger partial charge in [-0.05, 0) is 31.2 Å². The van der Waals surface area contributed by atoms with Gasteiger partial charge >= 0.3 is 0 Å². The maximum atomic E-state index is 5.93. The normalized spacial score (nSPS) is 31.0. The molecule has 1 aliphatic carbocycles. The molecule has 0 amide bonds. The van der Waals surface area contributed by atoms with Crippen LogP contribution in [-0.4, -0.2) is 18.3 Å². The molecule has 18 heavy (non-hydrogen) atoms. The van der Waals surface area contributed by atoms with Gasteiger partial charge in [0.2, 0.25) is 0 Å². The minimum Gasteiger partial charge on any atom is -0.371 e. The van der Waals surface area contributed by atoms with Crippen molar-refractivity contribution in [1.82, 2.24) is 0 Å².